The Morgan fingerprint density at radius 3 is 2.74 bits per heavy atom. The van der Waals surface area contributed by atoms with Crippen LogP contribution < -0.4 is 15.5 Å². The Balaban J connectivity index is 1.82. The number of carbonyl (C=O) groups is 1. The highest BCUT2D eigenvalue weighted by Gasteiger charge is 2.27. The lowest BCUT2D eigenvalue weighted by molar-refractivity contribution is -0.110. The summed E-state index contributed by atoms with van der Waals surface area (Å²) in [7, 11) is 1.56. The normalized spacial score (nSPS) is 14.2. The lowest BCUT2D eigenvalue weighted by atomic mass is 10.1. The van der Waals surface area contributed by atoms with Crippen LogP contribution in [0, 0.1) is 11.6 Å². The van der Waals surface area contributed by atoms with E-state index in [0.29, 0.717) is 23.6 Å². The summed E-state index contributed by atoms with van der Waals surface area (Å²) in [6.45, 7) is 2.96. The van der Waals surface area contributed by atoms with Crippen LogP contribution in [0.4, 0.5) is 25.8 Å². The number of amides is 1. The highest BCUT2D eigenvalue weighted by atomic mass is 19.1. The first kappa shape index (κ1) is 18.8. The van der Waals surface area contributed by atoms with Crippen molar-refractivity contribution in [3.05, 3.63) is 59.8 Å². The molecule has 0 fully saturated rings. The molecule has 2 aromatic carbocycles. The lowest BCUT2D eigenvalue weighted by Gasteiger charge is -2.24. The summed E-state index contributed by atoms with van der Waals surface area (Å²) in [5.74, 6) is -1.31. The number of hydrogen-bond acceptors (Lipinski definition) is 4. The summed E-state index contributed by atoms with van der Waals surface area (Å²) in [6.07, 6.45) is 2.24. The number of nitrogens with zero attached hydrogens (tertiary/aromatic N) is 1. The molecule has 1 aliphatic heterocycles. The van der Waals surface area contributed by atoms with Crippen LogP contribution in [0.1, 0.15) is 18.9 Å². The lowest BCUT2D eigenvalue weighted by Crippen LogP contribution is -2.27. The average molecular weight is 373 g/mol. The molecule has 0 aromatic heterocycles. The fraction of sp³-hybridized carbons (Fsp3) is 0.250. The molecule has 0 saturated carbocycles. The molecule has 0 radical (unpaired) electrons. The first-order valence-corrected chi connectivity index (χ1v) is 8.65. The molecule has 0 spiro atoms. The maximum Gasteiger partial charge on any atom is 0.257 e. The van der Waals surface area contributed by atoms with E-state index in [9.17, 15) is 13.6 Å². The van der Waals surface area contributed by atoms with Crippen LogP contribution in [0.2, 0.25) is 0 Å². The van der Waals surface area contributed by atoms with Gasteiger partial charge in [0.1, 0.15) is 18.4 Å². The van der Waals surface area contributed by atoms with Crippen molar-refractivity contribution >= 4 is 28.5 Å². The van der Waals surface area contributed by atoms with Gasteiger partial charge in [-0.1, -0.05) is 13.0 Å². The van der Waals surface area contributed by atoms with Gasteiger partial charge in [-0.2, -0.15) is 0 Å². The fourth-order valence-corrected chi connectivity index (χ4v) is 3.03. The zero-order valence-electron chi connectivity index (χ0n) is 15.2. The SMILES string of the molecule is CCCN(COC)c1ccc(N/C=C2/C(=O)Nc3cccc(F)c32)cc1F. The molecule has 27 heavy (non-hydrogen) atoms. The van der Waals surface area contributed by atoms with Gasteiger partial charge >= 0.3 is 0 Å². The van der Waals surface area contributed by atoms with Crippen LogP contribution in [0.25, 0.3) is 5.57 Å². The second-order valence-corrected chi connectivity index (χ2v) is 6.17. The van der Waals surface area contributed by atoms with Gasteiger partial charge in [0.15, 0.2) is 0 Å². The van der Waals surface area contributed by atoms with Crippen molar-refractivity contribution in [1.29, 1.82) is 0 Å². The van der Waals surface area contributed by atoms with E-state index in [1.165, 1.54) is 24.4 Å². The van der Waals surface area contributed by atoms with Crippen LogP contribution in [-0.2, 0) is 9.53 Å². The minimum absolute atomic E-state index is 0.166. The van der Waals surface area contributed by atoms with Gasteiger partial charge in [-0.3, -0.25) is 4.79 Å². The van der Waals surface area contributed by atoms with Gasteiger partial charge in [-0.15, -0.1) is 0 Å². The summed E-state index contributed by atoms with van der Waals surface area (Å²) >= 11 is 0. The third kappa shape index (κ3) is 3.93. The summed E-state index contributed by atoms with van der Waals surface area (Å²) in [4.78, 5) is 13.9. The Kier molecular flexibility index (Phi) is 5.71. The summed E-state index contributed by atoms with van der Waals surface area (Å²) in [5, 5.41) is 5.48. The predicted molar refractivity (Wildman–Crippen MR) is 103 cm³/mol. The molecule has 0 saturated heterocycles. The molecule has 7 heteroatoms. The molecule has 1 aliphatic rings. The highest BCUT2D eigenvalue weighted by molar-refractivity contribution is 6.31. The van der Waals surface area contributed by atoms with Crippen molar-refractivity contribution in [3.63, 3.8) is 0 Å². The van der Waals surface area contributed by atoms with E-state index in [1.807, 2.05) is 6.92 Å². The third-order valence-electron chi connectivity index (χ3n) is 4.23. The Hall–Kier alpha value is -2.93. The molecule has 5 nitrogen and oxygen atoms in total. The fourth-order valence-electron chi connectivity index (χ4n) is 3.03. The molecule has 0 atom stereocenters. The van der Waals surface area contributed by atoms with Gasteiger partial charge in [0.05, 0.1) is 16.9 Å². The minimum atomic E-state index is -0.491. The first-order valence-electron chi connectivity index (χ1n) is 8.65. The van der Waals surface area contributed by atoms with E-state index in [2.05, 4.69) is 10.6 Å². The van der Waals surface area contributed by atoms with E-state index in [1.54, 1.807) is 30.2 Å². The highest BCUT2D eigenvalue weighted by Crippen LogP contribution is 2.33. The summed E-state index contributed by atoms with van der Waals surface area (Å²) < 4.78 is 33.7. The van der Waals surface area contributed by atoms with Gasteiger partial charge in [0.2, 0.25) is 0 Å². The topological polar surface area (TPSA) is 53.6 Å². The molecular formula is C20H21F2N3O2. The van der Waals surface area contributed by atoms with Gasteiger partial charge < -0.3 is 20.3 Å². The van der Waals surface area contributed by atoms with Crippen molar-refractivity contribution in [2.45, 2.75) is 13.3 Å². The van der Waals surface area contributed by atoms with Crippen molar-refractivity contribution in [3.8, 4) is 0 Å². The first-order chi connectivity index (χ1) is 13.0. The molecule has 2 N–H and O–H groups in total. The Bertz CT molecular complexity index is 878. The van der Waals surface area contributed by atoms with Crippen LogP contribution in [0.5, 0.6) is 0 Å². The molecule has 0 aliphatic carbocycles. The third-order valence-corrected chi connectivity index (χ3v) is 4.23. The number of benzene rings is 2. The van der Waals surface area contributed by atoms with Gasteiger partial charge in [-0.05, 0) is 36.8 Å². The van der Waals surface area contributed by atoms with Crippen LogP contribution in [0.3, 0.4) is 0 Å². The molecule has 3 rings (SSSR count). The van der Waals surface area contributed by atoms with Crippen LogP contribution in [-0.4, -0.2) is 26.3 Å². The number of methoxy groups -OCH3 is 1. The molecule has 0 bridgehead atoms. The summed E-state index contributed by atoms with van der Waals surface area (Å²) in [5.41, 5.74) is 1.69. The molecule has 142 valence electrons. The quantitative estimate of drug-likeness (QED) is 0.564. The van der Waals surface area contributed by atoms with Gasteiger partial charge in [-0.25, -0.2) is 8.78 Å². The predicted octanol–water partition coefficient (Wildman–Crippen LogP) is 4.19. The van der Waals surface area contributed by atoms with Gasteiger partial charge in [0, 0.05) is 31.1 Å². The van der Waals surface area contributed by atoms with Crippen molar-refractivity contribution in [1.82, 2.24) is 0 Å². The van der Waals surface area contributed by atoms with E-state index in [0.717, 1.165) is 6.42 Å². The van der Waals surface area contributed by atoms with E-state index in [-0.39, 0.29) is 17.9 Å². The molecule has 1 heterocycles. The monoisotopic (exact) mass is 373 g/mol. The van der Waals surface area contributed by atoms with Crippen LogP contribution >= 0.6 is 0 Å². The number of halogens is 2. The van der Waals surface area contributed by atoms with Crippen molar-refractivity contribution in [2.75, 3.05) is 35.9 Å². The Morgan fingerprint density at radius 2 is 2.04 bits per heavy atom. The molecular weight excluding hydrogens is 352 g/mol. The zero-order chi connectivity index (χ0) is 19.4. The number of carbonyl (C=O) groups excluding carboxylic acids is 1. The number of anilines is 3. The molecule has 1 amide bonds. The smallest absolute Gasteiger partial charge is 0.257 e. The number of ether oxygens (including phenoxy) is 1. The number of fused-ring (bicyclic) bond motifs is 1. The maximum absolute atomic E-state index is 14.5. The van der Waals surface area contributed by atoms with Gasteiger partial charge in [0.25, 0.3) is 5.91 Å². The van der Waals surface area contributed by atoms with Crippen LogP contribution in [0.15, 0.2) is 42.6 Å². The van der Waals surface area contributed by atoms with Crippen molar-refractivity contribution in [2.24, 2.45) is 0 Å². The maximum atomic E-state index is 14.5. The Labute approximate surface area is 156 Å². The number of nitrogens with one attached hydrogen (secondary N) is 2. The molecule has 2 aromatic rings. The van der Waals surface area contributed by atoms with E-state index in [4.69, 9.17) is 4.74 Å². The molecule has 0 unspecified atom stereocenters. The standard InChI is InChI=1S/C20H21F2N3O2/c1-3-9-25(12-27-2)18-8-7-13(10-16(18)22)23-11-14-19-15(21)5-4-6-17(19)24-20(14)26/h4-8,10-11,23H,3,9,12H2,1-2H3,(H,24,26)/b14-11+. The van der Waals surface area contributed by atoms with Crippen molar-refractivity contribution < 1.29 is 18.3 Å². The number of hydrogen-bond donors (Lipinski definition) is 2. The zero-order valence-corrected chi connectivity index (χ0v) is 15.2. The second-order valence-electron chi connectivity index (χ2n) is 6.17. The largest absolute Gasteiger partial charge is 0.364 e. The van der Waals surface area contributed by atoms with E-state index < -0.39 is 17.5 Å². The van der Waals surface area contributed by atoms with E-state index >= 15 is 0 Å². The minimum Gasteiger partial charge on any atom is -0.364 e. The number of rotatable bonds is 7. The second kappa shape index (κ2) is 8.18. The summed E-state index contributed by atoms with van der Waals surface area (Å²) in [6, 6.07) is 9.13. The Morgan fingerprint density at radius 1 is 1.22 bits per heavy atom. The average Bonchev–Trinajstić information content (AvgIpc) is 2.96.